The third-order valence-electron chi connectivity index (χ3n) is 4.92. The van der Waals surface area contributed by atoms with E-state index < -0.39 is 31.6 Å². The van der Waals surface area contributed by atoms with Crippen molar-refractivity contribution in [1.82, 2.24) is 14.1 Å². The lowest BCUT2D eigenvalue weighted by Crippen LogP contribution is -2.49. The second-order valence-corrected chi connectivity index (χ2v) is 8.71. The molecular formula is C17H20F3N5O4S. The van der Waals surface area contributed by atoms with Crippen LogP contribution in [0.1, 0.15) is 18.2 Å². The number of sulfonamides is 1. The maximum absolute atomic E-state index is 12.9. The molecule has 1 saturated heterocycles. The predicted molar refractivity (Wildman–Crippen MR) is 102 cm³/mol. The predicted octanol–water partition coefficient (Wildman–Crippen LogP) is 2.42. The molecule has 0 atom stereocenters. The molecule has 1 aliphatic heterocycles. The molecule has 0 bridgehead atoms. The topological polar surface area (TPSA) is 102 Å². The van der Waals surface area contributed by atoms with Gasteiger partial charge in [0.15, 0.2) is 0 Å². The normalized spacial score (nSPS) is 16.1. The molecule has 30 heavy (non-hydrogen) atoms. The molecule has 13 heteroatoms. The van der Waals surface area contributed by atoms with E-state index in [1.54, 1.807) is 18.9 Å². The third-order valence-corrected chi connectivity index (χ3v) is 6.81. The van der Waals surface area contributed by atoms with Gasteiger partial charge >= 0.3 is 11.9 Å². The Morgan fingerprint density at radius 1 is 1.20 bits per heavy atom. The van der Waals surface area contributed by atoms with Crippen molar-refractivity contribution >= 4 is 21.5 Å². The SMILES string of the molecule is CCc1nn(C)c(N2CCN(S(=O)(=O)c3cccc(C(F)(F)F)c3)CC2)c1[N+](=O)[O-]. The first-order valence-corrected chi connectivity index (χ1v) is 10.5. The van der Waals surface area contributed by atoms with Gasteiger partial charge in [0.1, 0.15) is 5.69 Å². The molecule has 0 radical (unpaired) electrons. The Balaban J connectivity index is 1.83. The van der Waals surface area contributed by atoms with Crippen LogP contribution in [0.15, 0.2) is 29.2 Å². The number of benzene rings is 1. The van der Waals surface area contributed by atoms with Gasteiger partial charge < -0.3 is 4.90 Å². The smallest absolute Gasteiger partial charge is 0.348 e. The van der Waals surface area contributed by atoms with Crippen molar-refractivity contribution in [2.24, 2.45) is 7.05 Å². The first-order valence-electron chi connectivity index (χ1n) is 9.09. The molecule has 1 aromatic carbocycles. The quantitative estimate of drug-likeness (QED) is 0.515. The number of rotatable bonds is 5. The molecule has 9 nitrogen and oxygen atoms in total. The number of nitrogens with zero attached hydrogens (tertiary/aromatic N) is 5. The highest BCUT2D eigenvalue weighted by Crippen LogP contribution is 2.34. The fraction of sp³-hybridized carbons (Fsp3) is 0.471. The summed E-state index contributed by atoms with van der Waals surface area (Å²) in [6.45, 7) is 1.98. The molecule has 0 spiro atoms. The average Bonchev–Trinajstić information content (AvgIpc) is 3.04. The molecule has 0 unspecified atom stereocenters. The van der Waals surface area contributed by atoms with Gasteiger partial charge in [-0.1, -0.05) is 13.0 Å². The fourth-order valence-corrected chi connectivity index (χ4v) is 4.93. The van der Waals surface area contributed by atoms with Crippen LogP contribution in [-0.2, 0) is 29.7 Å². The van der Waals surface area contributed by atoms with Gasteiger partial charge in [-0.2, -0.15) is 22.6 Å². The zero-order chi connectivity index (χ0) is 22.3. The summed E-state index contributed by atoms with van der Waals surface area (Å²) in [5.41, 5.74) is -0.828. The minimum absolute atomic E-state index is 0.0254. The number of halogens is 3. The Morgan fingerprint density at radius 3 is 2.37 bits per heavy atom. The van der Waals surface area contributed by atoms with Crippen LogP contribution < -0.4 is 4.90 Å². The highest BCUT2D eigenvalue weighted by molar-refractivity contribution is 7.89. The fourth-order valence-electron chi connectivity index (χ4n) is 3.46. The van der Waals surface area contributed by atoms with Crippen LogP contribution in [0, 0.1) is 10.1 Å². The summed E-state index contributed by atoms with van der Waals surface area (Å²) in [5.74, 6) is 0.285. The Morgan fingerprint density at radius 2 is 1.83 bits per heavy atom. The number of hydrogen-bond donors (Lipinski definition) is 0. The number of piperazine rings is 1. The molecule has 1 aliphatic rings. The van der Waals surface area contributed by atoms with Crippen LogP contribution in [0.3, 0.4) is 0 Å². The van der Waals surface area contributed by atoms with E-state index in [1.807, 2.05) is 0 Å². The Labute approximate surface area is 170 Å². The van der Waals surface area contributed by atoms with Crippen molar-refractivity contribution in [2.45, 2.75) is 24.4 Å². The second kappa shape index (κ2) is 7.87. The Bertz CT molecular complexity index is 1060. The average molecular weight is 447 g/mol. The summed E-state index contributed by atoms with van der Waals surface area (Å²) in [5, 5.41) is 15.7. The molecule has 0 amide bonds. The van der Waals surface area contributed by atoms with Crippen molar-refractivity contribution in [3.63, 3.8) is 0 Å². The van der Waals surface area contributed by atoms with E-state index in [0.717, 1.165) is 22.5 Å². The lowest BCUT2D eigenvalue weighted by Gasteiger charge is -2.34. The number of aryl methyl sites for hydroxylation is 2. The molecule has 164 valence electrons. The van der Waals surface area contributed by atoms with Gasteiger partial charge in [-0.3, -0.25) is 10.1 Å². The van der Waals surface area contributed by atoms with Crippen LogP contribution in [0.2, 0.25) is 0 Å². The van der Waals surface area contributed by atoms with E-state index in [2.05, 4.69) is 5.10 Å². The van der Waals surface area contributed by atoms with Gasteiger partial charge in [-0.05, 0) is 24.6 Å². The first kappa shape index (κ1) is 22.0. The monoisotopic (exact) mass is 447 g/mol. The minimum Gasteiger partial charge on any atom is -0.348 e. The molecule has 0 N–H and O–H groups in total. The molecule has 0 aliphatic carbocycles. The van der Waals surface area contributed by atoms with Crippen molar-refractivity contribution in [2.75, 3.05) is 31.1 Å². The number of anilines is 1. The largest absolute Gasteiger partial charge is 0.416 e. The van der Waals surface area contributed by atoms with Crippen LogP contribution >= 0.6 is 0 Å². The Kier molecular flexibility index (Phi) is 5.78. The van der Waals surface area contributed by atoms with Crippen molar-refractivity contribution in [3.8, 4) is 0 Å². The molecule has 1 fully saturated rings. The molecule has 2 heterocycles. The van der Waals surface area contributed by atoms with Crippen LogP contribution in [0.25, 0.3) is 0 Å². The van der Waals surface area contributed by atoms with Crippen LogP contribution in [0.5, 0.6) is 0 Å². The van der Waals surface area contributed by atoms with Gasteiger partial charge in [-0.15, -0.1) is 0 Å². The van der Waals surface area contributed by atoms with Crippen molar-refractivity contribution in [1.29, 1.82) is 0 Å². The number of aromatic nitrogens is 2. The second-order valence-electron chi connectivity index (χ2n) is 6.77. The summed E-state index contributed by atoms with van der Waals surface area (Å²) in [7, 11) is -2.56. The highest BCUT2D eigenvalue weighted by Gasteiger charge is 2.36. The van der Waals surface area contributed by atoms with E-state index in [1.165, 1.54) is 4.68 Å². The minimum atomic E-state index is -4.65. The van der Waals surface area contributed by atoms with Crippen molar-refractivity contribution < 1.29 is 26.5 Å². The maximum atomic E-state index is 12.9. The van der Waals surface area contributed by atoms with E-state index in [0.29, 0.717) is 18.2 Å². The zero-order valence-corrected chi connectivity index (χ0v) is 17.1. The van der Waals surface area contributed by atoms with Crippen LogP contribution in [0.4, 0.5) is 24.7 Å². The van der Waals surface area contributed by atoms with Gasteiger partial charge in [0.2, 0.25) is 15.8 Å². The summed E-state index contributed by atoms with van der Waals surface area (Å²) in [4.78, 5) is 12.2. The number of hydrogen-bond acceptors (Lipinski definition) is 6. The molecule has 0 saturated carbocycles. The number of alkyl halides is 3. The molecular weight excluding hydrogens is 427 g/mol. The van der Waals surface area contributed by atoms with E-state index in [4.69, 9.17) is 0 Å². The van der Waals surface area contributed by atoms with E-state index >= 15 is 0 Å². The van der Waals surface area contributed by atoms with Gasteiger partial charge in [0, 0.05) is 33.2 Å². The zero-order valence-electron chi connectivity index (χ0n) is 16.3. The molecule has 2 aromatic rings. The van der Waals surface area contributed by atoms with Gasteiger partial charge in [0.05, 0.1) is 15.4 Å². The van der Waals surface area contributed by atoms with Gasteiger partial charge in [0.25, 0.3) is 0 Å². The van der Waals surface area contributed by atoms with E-state index in [-0.39, 0.29) is 37.7 Å². The first-order chi connectivity index (χ1) is 14.0. The summed E-state index contributed by atoms with van der Waals surface area (Å²) >= 11 is 0. The van der Waals surface area contributed by atoms with Crippen molar-refractivity contribution in [3.05, 3.63) is 45.6 Å². The summed E-state index contributed by atoms with van der Waals surface area (Å²) in [6.07, 6.45) is -4.28. The third kappa shape index (κ3) is 3.99. The summed E-state index contributed by atoms with van der Waals surface area (Å²) < 4.78 is 66.9. The molecule has 3 rings (SSSR count). The molecule has 1 aromatic heterocycles. The lowest BCUT2D eigenvalue weighted by molar-refractivity contribution is -0.384. The van der Waals surface area contributed by atoms with Gasteiger partial charge in [-0.25, -0.2) is 13.1 Å². The number of nitro groups is 1. The highest BCUT2D eigenvalue weighted by atomic mass is 32.2. The lowest BCUT2D eigenvalue weighted by atomic mass is 10.2. The summed E-state index contributed by atoms with van der Waals surface area (Å²) in [6, 6.07) is 3.60. The standard InChI is InChI=1S/C17H20F3N5O4S/c1-3-14-15(25(26)27)16(22(2)21-14)23-7-9-24(10-8-23)30(28,29)13-6-4-5-12(11-13)17(18,19)20/h4-6,11H,3,7-10H2,1-2H3. The Hall–Kier alpha value is -2.67. The maximum Gasteiger partial charge on any atom is 0.416 e. The van der Waals surface area contributed by atoms with Crippen LogP contribution in [-0.4, -0.2) is 53.6 Å². The van der Waals surface area contributed by atoms with E-state index in [9.17, 15) is 31.7 Å².